The molecule has 0 saturated carbocycles. The lowest BCUT2D eigenvalue weighted by molar-refractivity contribution is -0.174. The maximum absolute atomic E-state index is 12.6. The van der Waals surface area contributed by atoms with Crippen molar-refractivity contribution in [3.63, 3.8) is 0 Å². The van der Waals surface area contributed by atoms with Gasteiger partial charge in [0.15, 0.2) is 0 Å². The lowest BCUT2D eigenvalue weighted by Crippen LogP contribution is -2.48. The molecular weight excluding hydrogens is 433 g/mol. The molecule has 0 atom stereocenters. The molecule has 0 aromatic carbocycles. The van der Waals surface area contributed by atoms with Gasteiger partial charge in [0, 0.05) is 44.2 Å². The Labute approximate surface area is 183 Å². The molecule has 1 aliphatic carbocycles. The summed E-state index contributed by atoms with van der Waals surface area (Å²) in [4.78, 5) is 29.8. The first-order valence-electron chi connectivity index (χ1n) is 10.6. The second-order valence-corrected chi connectivity index (χ2v) is 9.07. The van der Waals surface area contributed by atoms with Crippen LogP contribution in [-0.2, 0) is 22.4 Å². The van der Waals surface area contributed by atoms with E-state index < -0.39 is 18.7 Å². The van der Waals surface area contributed by atoms with Gasteiger partial charge in [-0.15, -0.1) is 11.3 Å². The van der Waals surface area contributed by atoms with Crippen LogP contribution >= 0.6 is 11.3 Å². The van der Waals surface area contributed by atoms with E-state index >= 15 is 0 Å². The zero-order chi connectivity index (χ0) is 22.4. The van der Waals surface area contributed by atoms with E-state index in [2.05, 4.69) is 15.0 Å². The molecule has 2 aliphatic rings. The fourth-order valence-corrected chi connectivity index (χ4v) is 5.34. The van der Waals surface area contributed by atoms with E-state index in [1.54, 1.807) is 0 Å². The first kappa shape index (κ1) is 24.0. The Morgan fingerprint density at radius 2 is 1.77 bits per heavy atom. The molecule has 2 amide bonds. The zero-order valence-corrected chi connectivity index (χ0v) is 18.2. The first-order chi connectivity index (χ1) is 14.7. The van der Waals surface area contributed by atoms with Crippen LogP contribution in [0, 0.1) is 0 Å². The van der Waals surface area contributed by atoms with E-state index in [9.17, 15) is 22.8 Å². The van der Waals surface area contributed by atoms with Crippen LogP contribution in [0.3, 0.4) is 0 Å². The van der Waals surface area contributed by atoms with E-state index in [0.717, 1.165) is 49.2 Å². The molecule has 2 heterocycles. The second-order valence-electron chi connectivity index (χ2n) is 7.97. The average molecular weight is 463 g/mol. The summed E-state index contributed by atoms with van der Waals surface area (Å²) in [6, 6.07) is 0. The molecule has 174 valence electrons. The number of nitrogens with two attached hydrogens (primary N) is 1. The van der Waals surface area contributed by atoms with Crippen LogP contribution < -0.4 is 11.1 Å². The summed E-state index contributed by atoms with van der Waals surface area (Å²) in [5, 5.41) is 3.44. The molecule has 0 unspecified atom stereocenters. The number of ether oxygens (including phenoxy) is 1. The molecule has 1 aromatic rings. The van der Waals surface area contributed by atoms with Crippen LogP contribution in [0.4, 0.5) is 18.2 Å². The Morgan fingerprint density at radius 1 is 1.10 bits per heavy atom. The summed E-state index contributed by atoms with van der Waals surface area (Å²) >= 11 is 1.45. The summed E-state index contributed by atoms with van der Waals surface area (Å²) in [5.41, 5.74) is 7.03. The maximum Gasteiger partial charge on any atom is 0.411 e. The third-order valence-electron chi connectivity index (χ3n) is 5.53. The van der Waals surface area contributed by atoms with E-state index in [4.69, 9.17) is 5.73 Å². The van der Waals surface area contributed by atoms with Crippen LogP contribution in [0.25, 0.3) is 0 Å². The number of amides is 2. The number of anilines is 1. The molecule has 3 N–H and O–H groups in total. The maximum atomic E-state index is 12.6. The van der Waals surface area contributed by atoms with Crippen LogP contribution in [0.15, 0.2) is 0 Å². The van der Waals surface area contributed by atoms with E-state index in [1.165, 1.54) is 11.3 Å². The van der Waals surface area contributed by atoms with Crippen molar-refractivity contribution in [2.45, 2.75) is 38.3 Å². The predicted octanol–water partition coefficient (Wildman–Crippen LogP) is 2.25. The van der Waals surface area contributed by atoms with Gasteiger partial charge in [-0.3, -0.25) is 14.5 Å². The number of carbonyl (C=O) groups is 2. The predicted molar refractivity (Wildman–Crippen MR) is 112 cm³/mol. The van der Waals surface area contributed by atoms with Gasteiger partial charge >= 0.3 is 6.18 Å². The van der Waals surface area contributed by atoms with Gasteiger partial charge < -0.3 is 20.7 Å². The molecule has 3 rings (SSSR count). The van der Waals surface area contributed by atoms with Crippen LogP contribution in [0.1, 0.15) is 40.1 Å². The van der Waals surface area contributed by atoms with Gasteiger partial charge in [0.25, 0.3) is 5.91 Å². The molecule has 1 fully saturated rings. The van der Waals surface area contributed by atoms with Crippen molar-refractivity contribution >= 4 is 28.2 Å². The minimum atomic E-state index is -4.28. The molecule has 1 aliphatic heterocycles. The molecule has 7 nitrogen and oxygen atoms in total. The lowest BCUT2D eigenvalue weighted by atomic mass is 9.95. The van der Waals surface area contributed by atoms with Gasteiger partial charge in [-0.25, -0.2) is 0 Å². The molecule has 31 heavy (non-hydrogen) atoms. The number of thiophene rings is 1. The molecule has 0 bridgehead atoms. The van der Waals surface area contributed by atoms with E-state index in [0.29, 0.717) is 36.6 Å². The van der Waals surface area contributed by atoms with Gasteiger partial charge in [-0.1, -0.05) is 0 Å². The fraction of sp³-hybridized carbons (Fsp3) is 0.700. The molecule has 0 radical (unpaired) electrons. The summed E-state index contributed by atoms with van der Waals surface area (Å²) in [6.07, 6.45) is 0.0961. The summed E-state index contributed by atoms with van der Waals surface area (Å²) < 4.78 is 40.8. The van der Waals surface area contributed by atoms with E-state index in [1.807, 2.05) is 4.90 Å². The number of nitrogens with one attached hydrogen (secondary N) is 1. The number of primary amides is 1. The Kier molecular flexibility index (Phi) is 8.31. The van der Waals surface area contributed by atoms with Crippen LogP contribution in [0.2, 0.25) is 0 Å². The van der Waals surface area contributed by atoms with Gasteiger partial charge in [0.05, 0.1) is 12.1 Å². The Morgan fingerprint density at radius 3 is 2.45 bits per heavy atom. The minimum absolute atomic E-state index is 0.0785. The SMILES string of the molecule is NC(=O)c1c(NC(=O)CN2CCN(CCCOCC(F)(F)F)CC2)sc2c1CCCC2. The number of alkyl halides is 3. The first-order valence-corrected chi connectivity index (χ1v) is 11.4. The Hall–Kier alpha value is -1.69. The standard InChI is InChI=1S/C20H29F3N4O3S/c21-20(22,23)13-30-11-3-6-26-7-9-27(10-8-26)12-16(28)25-19-17(18(24)29)14-4-1-2-5-15(14)31-19/h1-13H2,(H2,24,29)(H,25,28). The second kappa shape index (κ2) is 10.8. The number of nitrogens with zero attached hydrogens (tertiary/aromatic N) is 2. The van der Waals surface area contributed by atoms with Crippen molar-refractivity contribution in [1.82, 2.24) is 9.80 Å². The molecule has 1 aromatic heterocycles. The summed E-state index contributed by atoms with van der Waals surface area (Å²) in [5.74, 6) is -0.669. The third-order valence-corrected chi connectivity index (χ3v) is 6.74. The minimum Gasteiger partial charge on any atom is -0.372 e. The van der Waals surface area contributed by atoms with Crippen molar-refractivity contribution in [2.75, 3.05) is 57.8 Å². The number of aryl methyl sites for hydroxylation is 1. The molecular formula is C20H29F3N4O3S. The number of rotatable bonds is 9. The normalized spacial score (nSPS) is 18.0. The highest BCUT2D eigenvalue weighted by molar-refractivity contribution is 7.17. The monoisotopic (exact) mass is 462 g/mol. The Balaban J connectivity index is 1.40. The highest BCUT2D eigenvalue weighted by atomic mass is 32.1. The van der Waals surface area contributed by atoms with Crippen molar-refractivity contribution in [3.05, 3.63) is 16.0 Å². The quantitative estimate of drug-likeness (QED) is 0.550. The summed E-state index contributed by atoms with van der Waals surface area (Å²) in [6.45, 7) is 2.64. The largest absolute Gasteiger partial charge is 0.411 e. The number of hydrogen-bond donors (Lipinski definition) is 2. The van der Waals surface area contributed by atoms with Crippen molar-refractivity contribution in [1.29, 1.82) is 0 Å². The van der Waals surface area contributed by atoms with Gasteiger partial charge in [-0.05, 0) is 37.7 Å². The van der Waals surface area contributed by atoms with Gasteiger partial charge in [0.2, 0.25) is 5.91 Å². The average Bonchev–Trinajstić information content (AvgIpc) is 3.06. The number of halogens is 3. The summed E-state index contributed by atoms with van der Waals surface area (Å²) in [7, 11) is 0. The van der Waals surface area contributed by atoms with Crippen LogP contribution in [0.5, 0.6) is 0 Å². The van der Waals surface area contributed by atoms with Crippen LogP contribution in [-0.4, -0.2) is 80.3 Å². The number of piperazine rings is 1. The lowest BCUT2D eigenvalue weighted by Gasteiger charge is -2.34. The smallest absolute Gasteiger partial charge is 0.372 e. The van der Waals surface area contributed by atoms with Crippen molar-refractivity contribution in [3.8, 4) is 0 Å². The molecule has 1 saturated heterocycles. The molecule has 0 spiro atoms. The third kappa shape index (κ3) is 7.16. The number of hydrogen-bond acceptors (Lipinski definition) is 6. The molecule has 11 heteroatoms. The Bertz CT molecular complexity index is 776. The highest BCUT2D eigenvalue weighted by Gasteiger charge is 2.28. The van der Waals surface area contributed by atoms with Crippen molar-refractivity contribution < 1.29 is 27.5 Å². The van der Waals surface area contributed by atoms with Gasteiger partial charge in [0.1, 0.15) is 11.6 Å². The zero-order valence-electron chi connectivity index (χ0n) is 17.4. The number of fused-ring (bicyclic) bond motifs is 1. The van der Waals surface area contributed by atoms with E-state index in [-0.39, 0.29) is 19.1 Å². The number of carbonyl (C=O) groups excluding carboxylic acids is 2. The van der Waals surface area contributed by atoms with Crippen molar-refractivity contribution in [2.24, 2.45) is 5.73 Å². The van der Waals surface area contributed by atoms with Gasteiger partial charge in [-0.2, -0.15) is 13.2 Å². The fourth-order valence-electron chi connectivity index (χ4n) is 4.03. The topological polar surface area (TPSA) is 87.9 Å². The highest BCUT2D eigenvalue weighted by Crippen LogP contribution is 2.37.